The monoisotopic (exact) mass is 518 g/mol. The molecule has 36 heavy (non-hydrogen) atoms. The van der Waals surface area contributed by atoms with Gasteiger partial charge in [0.1, 0.15) is 29.5 Å². The first-order chi connectivity index (χ1) is 17.1. The van der Waals surface area contributed by atoms with E-state index in [2.05, 4.69) is 10.3 Å². The Bertz CT molecular complexity index is 1240. The number of pyridine rings is 1. The number of benzene rings is 2. The van der Waals surface area contributed by atoms with Crippen molar-refractivity contribution in [2.45, 2.75) is 25.6 Å². The third-order valence-corrected chi connectivity index (χ3v) is 5.61. The van der Waals surface area contributed by atoms with E-state index in [-0.39, 0.29) is 29.4 Å². The number of rotatable bonds is 10. The highest BCUT2D eigenvalue weighted by atomic mass is 35.5. The largest absolute Gasteiger partial charge is 0.494 e. The van der Waals surface area contributed by atoms with Crippen LogP contribution in [0.4, 0.5) is 4.39 Å². The summed E-state index contributed by atoms with van der Waals surface area (Å²) in [6, 6.07) is 12.0. The van der Waals surface area contributed by atoms with Gasteiger partial charge in [-0.1, -0.05) is 11.6 Å². The molecule has 8 nitrogen and oxygen atoms in total. The van der Waals surface area contributed by atoms with Crippen molar-refractivity contribution >= 4 is 17.5 Å². The van der Waals surface area contributed by atoms with Crippen molar-refractivity contribution in [3.05, 3.63) is 70.6 Å². The molecule has 2 aromatic carbocycles. The lowest BCUT2D eigenvalue weighted by Gasteiger charge is -2.24. The molecular weight excluding hydrogens is 491 g/mol. The Morgan fingerprint density at radius 2 is 1.81 bits per heavy atom. The lowest BCUT2D eigenvalue weighted by Crippen LogP contribution is -2.39. The second kappa shape index (κ2) is 11.6. The van der Waals surface area contributed by atoms with Gasteiger partial charge < -0.3 is 29.7 Å². The Morgan fingerprint density at radius 1 is 1.11 bits per heavy atom. The van der Waals surface area contributed by atoms with Gasteiger partial charge in [-0.3, -0.25) is 4.79 Å². The summed E-state index contributed by atoms with van der Waals surface area (Å²) in [5.41, 5.74) is -0.133. The molecule has 1 amide bonds. The van der Waals surface area contributed by atoms with Gasteiger partial charge in [0.2, 0.25) is 0 Å². The molecule has 3 N–H and O–H groups in total. The van der Waals surface area contributed by atoms with Crippen LogP contribution in [0.3, 0.4) is 0 Å². The number of hydrogen-bond acceptors (Lipinski definition) is 7. The normalized spacial score (nSPS) is 13.4. The van der Waals surface area contributed by atoms with Crippen LogP contribution in [0.5, 0.6) is 17.2 Å². The number of aromatic nitrogens is 1. The summed E-state index contributed by atoms with van der Waals surface area (Å²) < 4.78 is 29.8. The van der Waals surface area contributed by atoms with E-state index in [1.807, 2.05) is 0 Å². The minimum Gasteiger partial charge on any atom is -0.494 e. The number of aliphatic hydroxyl groups excluding tert-OH is 1. The number of carbonyl (C=O) groups excluding carboxylic acids is 1. The molecule has 0 aliphatic carbocycles. The SMILES string of the molecule is COc1cc(C(=O)NCC(C)(O)c2ccc(OC)c(-c3ccc(F)c(Cl)c3)n2)ccc1OC[C@@H](C)O. The van der Waals surface area contributed by atoms with E-state index in [1.54, 1.807) is 31.2 Å². The second-order valence-electron chi connectivity index (χ2n) is 8.36. The fraction of sp³-hybridized carbons (Fsp3) is 0.308. The molecule has 1 aromatic heterocycles. The van der Waals surface area contributed by atoms with E-state index in [1.165, 1.54) is 45.4 Å². The van der Waals surface area contributed by atoms with Crippen LogP contribution in [-0.2, 0) is 5.60 Å². The molecule has 0 saturated carbocycles. The van der Waals surface area contributed by atoms with Gasteiger partial charge in [0.15, 0.2) is 11.5 Å². The Labute approximate surface area is 213 Å². The highest BCUT2D eigenvalue weighted by Gasteiger charge is 2.27. The van der Waals surface area contributed by atoms with E-state index in [0.29, 0.717) is 28.5 Å². The van der Waals surface area contributed by atoms with Crippen molar-refractivity contribution in [3.63, 3.8) is 0 Å². The van der Waals surface area contributed by atoms with Gasteiger partial charge in [0.05, 0.1) is 37.6 Å². The number of aliphatic hydroxyl groups is 2. The second-order valence-corrected chi connectivity index (χ2v) is 8.77. The van der Waals surface area contributed by atoms with Crippen molar-refractivity contribution in [2.75, 3.05) is 27.4 Å². The Balaban J connectivity index is 1.79. The molecule has 0 bridgehead atoms. The van der Waals surface area contributed by atoms with Crippen LogP contribution in [0, 0.1) is 5.82 Å². The summed E-state index contributed by atoms with van der Waals surface area (Å²) in [5.74, 6) is 0.109. The molecule has 0 aliphatic rings. The van der Waals surface area contributed by atoms with E-state index in [0.717, 1.165) is 0 Å². The van der Waals surface area contributed by atoms with Crippen LogP contribution < -0.4 is 19.5 Å². The van der Waals surface area contributed by atoms with Gasteiger partial charge in [0.25, 0.3) is 5.91 Å². The number of ether oxygens (including phenoxy) is 3. The van der Waals surface area contributed by atoms with Crippen LogP contribution in [0.15, 0.2) is 48.5 Å². The van der Waals surface area contributed by atoms with Gasteiger partial charge in [-0.25, -0.2) is 9.37 Å². The maximum absolute atomic E-state index is 13.6. The number of amides is 1. The van der Waals surface area contributed by atoms with Crippen molar-refractivity contribution in [2.24, 2.45) is 0 Å². The molecule has 0 radical (unpaired) electrons. The van der Waals surface area contributed by atoms with E-state index >= 15 is 0 Å². The number of halogens is 2. The zero-order chi connectivity index (χ0) is 26.5. The van der Waals surface area contributed by atoms with Crippen molar-refractivity contribution in [1.29, 1.82) is 0 Å². The van der Waals surface area contributed by atoms with Crippen LogP contribution in [0.1, 0.15) is 29.9 Å². The molecule has 2 atom stereocenters. The average Bonchev–Trinajstić information content (AvgIpc) is 2.87. The number of nitrogens with one attached hydrogen (secondary N) is 1. The zero-order valence-corrected chi connectivity index (χ0v) is 21.1. The first kappa shape index (κ1) is 27.2. The van der Waals surface area contributed by atoms with Gasteiger partial charge in [-0.05, 0) is 62.4 Å². The van der Waals surface area contributed by atoms with Crippen molar-refractivity contribution in [1.82, 2.24) is 10.3 Å². The molecule has 0 spiro atoms. The number of nitrogens with zero attached hydrogens (tertiary/aromatic N) is 1. The molecule has 3 rings (SSSR count). The lowest BCUT2D eigenvalue weighted by atomic mass is 9.99. The standard InChI is InChI=1S/C26H28ClFN2O6/c1-15(31)13-36-20-8-6-17(12-22(20)35-4)25(32)29-14-26(2,33)23-10-9-21(34-3)24(30-23)16-5-7-19(28)18(27)11-16/h5-12,15,31,33H,13-14H2,1-4H3,(H,29,32)/t15-,26?/m1/s1. The Hall–Kier alpha value is -3.40. The highest BCUT2D eigenvalue weighted by Crippen LogP contribution is 2.33. The van der Waals surface area contributed by atoms with Crippen LogP contribution in [0.25, 0.3) is 11.3 Å². The molecule has 10 heteroatoms. The maximum atomic E-state index is 13.6. The molecule has 1 unspecified atom stereocenters. The number of methoxy groups -OCH3 is 2. The predicted octanol–water partition coefficient (Wildman–Crippen LogP) is 3.96. The number of carbonyl (C=O) groups is 1. The maximum Gasteiger partial charge on any atom is 0.251 e. The molecule has 192 valence electrons. The predicted molar refractivity (Wildman–Crippen MR) is 133 cm³/mol. The van der Waals surface area contributed by atoms with Crippen LogP contribution in [-0.4, -0.2) is 54.6 Å². The summed E-state index contributed by atoms with van der Waals surface area (Å²) >= 11 is 5.93. The third-order valence-electron chi connectivity index (χ3n) is 5.32. The first-order valence-electron chi connectivity index (χ1n) is 11.1. The molecule has 0 fully saturated rings. The fourth-order valence-electron chi connectivity index (χ4n) is 3.34. The van der Waals surface area contributed by atoms with E-state index in [4.69, 9.17) is 25.8 Å². The Kier molecular flexibility index (Phi) is 8.73. The Morgan fingerprint density at radius 3 is 2.44 bits per heavy atom. The van der Waals surface area contributed by atoms with E-state index in [9.17, 15) is 19.4 Å². The van der Waals surface area contributed by atoms with Crippen LogP contribution >= 0.6 is 11.6 Å². The molecule has 3 aromatic rings. The lowest BCUT2D eigenvalue weighted by molar-refractivity contribution is 0.0489. The average molecular weight is 519 g/mol. The summed E-state index contributed by atoms with van der Waals surface area (Å²) in [6.45, 7) is 3.02. The number of hydrogen-bond donors (Lipinski definition) is 3. The quantitative estimate of drug-likeness (QED) is 0.372. The molecule has 0 aliphatic heterocycles. The van der Waals surface area contributed by atoms with Crippen LogP contribution in [0.2, 0.25) is 5.02 Å². The molecule has 0 saturated heterocycles. The topological polar surface area (TPSA) is 110 Å². The van der Waals surface area contributed by atoms with Gasteiger partial charge >= 0.3 is 0 Å². The van der Waals surface area contributed by atoms with Crippen molar-refractivity contribution < 1.29 is 33.6 Å². The highest BCUT2D eigenvalue weighted by molar-refractivity contribution is 6.31. The summed E-state index contributed by atoms with van der Waals surface area (Å²) in [6.07, 6.45) is -0.660. The first-order valence-corrected chi connectivity index (χ1v) is 11.4. The molecular formula is C26H28ClFN2O6. The van der Waals surface area contributed by atoms with Crippen molar-refractivity contribution in [3.8, 4) is 28.5 Å². The summed E-state index contributed by atoms with van der Waals surface area (Å²) in [4.78, 5) is 17.3. The summed E-state index contributed by atoms with van der Waals surface area (Å²) in [5, 5.41) is 23.1. The molecule has 1 heterocycles. The smallest absolute Gasteiger partial charge is 0.251 e. The fourth-order valence-corrected chi connectivity index (χ4v) is 3.53. The van der Waals surface area contributed by atoms with Gasteiger partial charge in [-0.2, -0.15) is 0 Å². The third kappa shape index (κ3) is 6.42. The van der Waals surface area contributed by atoms with E-state index < -0.39 is 23.4 Å². The van der Waals surface area contributed by atoms with Gasteiger partial charge in [-0.15, -0.1) is 0 Å². The minimum absolute atomic E-state index is 0.0708. The zero-order valence-electron chi connectivity index (χ0n) is 20.3. The van der Waals surface area contributed by atoms with Gasteiger partial charge in [0, 0.05) is 11.1 Å². The summed E-state index contributed by atoms with van der Waals surface area (Å²) in [7, 11) is 2.91. The minimum atomic E-state index is -1.55.